The van der Waals surface area contributed by atoms with Crippen LogP contribution in [0.3, 0.4) is 0 Å². The number of carbonyl (C=O) groups excluding carboxylic acids is 2. The molecule has 0 aromatic rings. The first kappa shape index (κ1) is 14.9. The summed E-state index contributed by atoms with van der Waals surface area (Å²) in [4.78, 5) is 22.9. The Morgan fingerprint density at radius 1 is 1.25 bits per heavy atom. The average molecular weight is 229 g/mol. The van der Waals surface area contributed by atoms with Crippen LogP contribution < -0.4 is 16.4 Å². The summed E-state index contributed by atoms with van der Waals surface area (Å²) in [6, 6.07) is -1.04. The summed E-state index contributed by atoms with van der Waals surface area (Å²) >= 11 is 0. The maximum absolute atomic E-state index is 11.6. The van der Waals surface area contributed by atoms with Gasteiger partial charge in [-0.2, -0.15) is 0 Å². The van der Waals surface area contributed by atoms with E-state index in [4.69, 9.17) is 5.73 Å². The van der Waals surface area contributed by atoms with Crippen LogP contribution in [-0.4, -0.2) is 30.4 Å². The molecule has 0 aliphatic rings. The zero-order chi connectivity index (χ0) is 12.6. The van der Waals surface area contributed by atoms with E-state index in [0.29, 0.717) is 13.0 Å². The molecule has 0 saturated heterocycles. The zero-order valence-corrected chi connectivity index (χ0v) is 10.4. The van der Waals surface area contributed by atoms with E-state index in [-0.39, 0.29) is 11.8 Å². The maximum Gasteiger partial charge on any atom is 0.242 e. The Bertz CT molecular complexity index is 231. The number of nitrogens with one attached hydrogen (secondary N) is 2. The lowest BCUT2D eigenvalue weighted by atomic mass is 10.1. The first-order valence-corrected chi connectivity index (χ1v) is 5.86. The van der Waals surface area contributed by atoms with Crippen LogP contribution >= 0.6 is 0 Å². The molecule has 94 valence electrons. The summed E-state index contributed by atoms with van der Waals surface area (Å²) in [5.41, 5.74) is 5.68. The molecule has 2 amide bonds. The summed E-state index contributed by atoms with van der Waals surface area (Å²) in [5.74, 6) is -0.439. The lowest BCUT2D eigenvalue weighted by Gasteiger charge is -2.16. The van der Waals surface area contributed by atoms with Crippen LogP contribution in [0, 0.1) is 0 Å². The van der Waals surface area contributed by atoms with Crippen molar-refractivity contribution in [1.29, 1.82) is 0 Å². The lowest BCUT2D eigenvalue weighted by molar-refractivity contribution is -0.129. The number of unbranched alkanes of at least 4 members (excludes halogenated alkanes) is 1. The SMILES string of the molecule is CCCC[C@H](N)C(=O)NC(C)C(=O)NCC. The fourth-order valence-electron chi connectivity index (χ4n) is 1.27. The number of hydrogen-bond acceptors (Lipinski definition) is 3. The summed E-state index contributed by atoms with van der Waals surface area (Å²) in [7, 11) is 0. The maximum atomic E-state index is 11.6. The van der Waals surface area contributed by atoms with Crippen molar-refractivity contribution in [3.8, 4) is 0 Å². The largest absolute Gasteiger partial charge is 0.355 e. The molecule has 5 nitrogen and oxygen atoms in total. The molecule has 4 N–H and O–H groups in total. The molecule has 5 heteroatoms. The van der Waals surface area contributed by atoms with Gasteiger partial charge in [0.05, 0.1) is 6.04 Å². The molecule has 0 rings (SSSR count). The van der Waals surface area contributed by atoms with Crippen molar-refractivity contribution >= 4 is 11.8 Å². The van der Waals surface area contributed by atoms with Gasteiger partial charge in [0.2, 0.25) is 11.8 Å². The standard InChI is InChI=1S/C11H23N3O2/c1-4-6-7-9(12)11(16)14-8(3)10(15)13-5-2/h8-9H,4-7,12H2,1-3H3,(H,13,15)(H,14,16)/t8?,9-/m0/s1. The molecule has 0 saturated carbocycles. The highest BCUT2D eigenvalue weighted by molar-refractivity contribution is 5.89. The molecule has 0 bridgehead atoms. The number of carbonyl (C=O) groups is 2. The molecule has 1 unspecified atom stereocenters. The highest BCUT2D eigenvalue weighted by Crippen LogP contribution is 1.98. The molecule has 0 aliphatic carbocycles. The number of rotatable bonds is 7. The lowest BCUT2D eigenvalue weighted by Crippen LogP contribution is -2.50. The fourth-order valence-corrected chi connectivity index (χ4v) is 1.27. The van der Waals surface area contributed by atoms with E-state index < -0.39 is 12.1 Å². The summed E-state index contributed by atoms with van der Waals surface area (Å²) in [6.45, 7) is 6.08. The third-order valence-electron chi connectivity index (χ3n) is 2.31. The van der Waals surface area contributed by atoms with Crippen LogP contribution in [0.1, 0.15) is 40.0 Å². The van der Waals surface area contributed by atoms with Crippen LogP contribution in [0.2, 0.25) is 0 Å². The van der Waals surface area contributed by atoms with Crippen molar-refractivity contribution in [2.45, 2.75) is 52.1 Å². The number of nitrogens with two attached hydrogens (primary N) is 1. The summed E-state index contributed by atoms with van der Waals surface area (Å²) in [6.07, 6.45) is 2.58. The zero-order valence-electron chi connectivity index (χ0n) is 10.4. The Balaban J connectivity index is 3.97. The molecular weight excluding hydrogens is 206 g/mol. The van der Waals surface area contributed by atoms with Gasteiger partial charge in [-0.3, -0.25) is 9.59 Å². The van der Waals surface area contributed by atoms with Gasteiger partial charge >= 0.3 is 0 Å². The highest BCUT2D eigenvalue weighted by Gasteiger charge is 2.18. The van der Waals surface area contributed by atoms with Crippen molar-refractivity contribution in [3.05, 3.63) is 0 Å². The van der Waals surface area contributed by atoms with E-state index in [1.54, 1.807) is 6.92 Å². The third kappa shape index (κ3) is 5.70. The highest BCUT2D eigenvalue weighted by atomic mass is 16.2. The summed E-state index contributed by atoms with van der Waals surface area (Å²) in [5, 5.41) is 5.24. The van der Waals surface area contributed by atoms with E-state index in [9.17, 15) is 9.59 Å². The Kier molecular flexibility index (Phi) is 7.54. The van der Waals surface area contributed by atoms with Crippen LogP contribution in [0.5, 0.6) is 0 Å². The molecule has 0 aliphatic heterocycles. The van der Waals surface area contributed by atoms with Crippen molar-refractivity contribution in [2.75, 3.05) is 6.54 Å². The Morgan fingerprint density at radius 2 is 1.88 bits per heavy atom. The number of hydrogen-bond donors (Lipinski definition) is 3. The van der Waals surface area contributed by atoms with Gasteiger partial charge in [0, 0.05) is 6.54 Å². The van der Waals surface area contributed by atoms with E-state index in [2.05, 4.69) is 10.6 Å². The monoisotopic (exact) mass is 229 g/mol. The van der Waals surface area contributed by atoms with Gasteiger partial charge < -0.3 is 16.4 Å². The molecule has 16 heavy (non-hydrogen) atoms. The van der Waals surface area contributed by atoms with E-state index in [1.807, 2.05) is 13.8 Å². The molecular formula is C11H23N3O2. The van der Waals surface area contributed by atoms with Gasteiger partial charge in [-0.05, 0) is 20.3 Å². The van der Waals surface area contributed by atoms with Crippen molar-refractivity contribution < 1.29 is 9.59 Å². The first-order valence-electron chi connectivity index (χ1n) is 5.86. The topological polar surface area (TPSA) is 84.2 Å². The van der Waals surface area contributed by atoms with Crippen LogP contribution in [0.15, 0.2) is 0 Å². The molecule has 0 heterocycles. The second-order valence-electron chi connectivity index (χ2n) is 3.87. The second kappa shape index (κ2) is 8.10. The van der Waals surface area contributed by atoms with Gasteiger partial charge in [-0.15, -0.1) is 0 Å². The van der Waals surface area contributed by atoms with Gasteiger partial charge in [0.1, 0.15) is 6.04 Å². The predicted octanol–water partition coefficient (Wildman–Crippen LogP) is 0.145. The Labute approximate surface area is 97.2 Å². The van der Waals surface area contributed by atoms with Crippen molar-refractivity contribution in [2.24, 2.45) is 5.73 Å². The third-order valence-corrected chi connectivity index (χ3v) is 2.31. The van der Waals surface area contributed by atoms with E-state index >= 15 is 0 Å². The molecule has 0 fully saturated rings. The van der Waals surface area contributed by atoms with Crippen molar-refractivity contribution in [1.82, 2.24) is 10.6 Å². The van der Waals surface area contributed by atoms with Crippen LogP contribution in [0.4, 0.5) is 0 Å². The first-order chi connectivity index (χ1) is 7.52. The number of amides is 2. The minimum Gasteiger partial charge on any atom is -0.355 e. The smallest absolute Gasteiger partial charge is 0.242 e. The quantitative estimate of drug-likeness (QED) is 0.581. The second-order valence-corrected chi connectivity index (χ2v) is 3.87. The normalized spacial score (nSPS) is 14.0. The Morgan fingerprint density at radius 3 is 2.38 bits per heavy atom. The average Bonchev–Trinajstić information content (AvgIpc) is 2.25. The fraction of sp³-hybridized carbons (Fsp3) is 0.818. The number of likely N-dealkylation sites (N-methyl/N-ethyl adjacent to an activating group) is 1. The van der Waals surface area contributed by atoms with Gasteiger partial charge in [0.15, 0.2) is 0 Å². The van der Waals surface area contributed by atoms with Crippen molar-refractivity contribution in [3.63, 3.8) is 0 Å². The minimum atomic E-state index is -0.528. The van der Waals surface area contributed by atoms with E-state index in [1.165, 1.54) is 0 Å². The predicted molar refractivity (Wildman–Crippen MR) is 63.8 cm³/mol. The van der Waals surface area contributed by atoms with Gasteiger partial charge in [-0.25, -0.2) is 0 Å². The molecule has 0 aromatic carbocycles. The molecule has 2 atom stereocenters. The molecule has 0 aromatic heterocycles. The summed E-state index contributed by atoms with van der Waals surface area (Å²) < 4.78 is 0. The van der Waals surface area contributed by atoms with Crippen LogP contribution in [0.25, 0.3) is 0 Å². The minimum absolute atomic E-state index is 0.182. The van der Waals surface area contributed by atoms with E-state index in [0.717, 1.165) is 12.8 Å². The molecule has 0 spiro atoms. The van der Waals surface area contributed by atoms with Gasteiger partial charge in [0.25, 0.3) is 0 Å². The van der Waals surface area contributed by atoms with Crippen LogP contribution in [-0.2, 0) is 9.59 Å². The Hall–Kier alpha value is -1.10. The molecule has 0 radical (unpaired) electrons. The van der Waals surface area contributed by atoms with Gasteiger partial charge in [-0.1, -0.05) is 19.8 Å².